The summed E-state index contributed by atoms with van der Waals surface area (Å²) in [5, 5.41) is 15.9. The summed E-state index contributed by atoms with van der Waals surface area (Å²) >= 11 is 0. The molecule has 3 aliphatic heterocycles. The largest absolute Gasteiger partial charge is 1.00 e. The minimum Gasteiger partial charge on any atom is -0.543 e. The van der Waals surface area contributed by atoms with Crippen molar-refractivity contribution in [2.24, 2.45) is 10.8 Å². The van der Waals surface area contributed by atoms with Crippen molar-refractivity contribution >= 4 is 29.0 Å². The van der Waals surface area contributed by atoms with E-state index in [9.17, 15) is 14.7 Å². The van der Waals surface area contributed by atoms with Crippen molar-refractivity contribution in [2.75, 3.05) is 49.1 Å². The minimum absolute atomic E-state index is 0. The van der Waals surface area contributed by atoms with Crippen LogP contribution in [0.1, 0.15) is 63.8 Å². The van der Waals surface area contributed by atoms with E-state index < -0.39 is 5.97 Å². The summed E-state index contributed by atoms with van der Waals surface area (Å²) in [6.07, 6.45) is 6.34. The summed E-state index contributed by atoms with van der Waals surface area (Å²) < 4.78 is 1.78. The van der Waals surface area contributed by atoms with Crippen LogP contribution in [0.2, 0.25) is 0 Å². The van der Waals surface area contributed by atoms with Gasteiger partial charge in [-0.15, -0.1) is 5.10 Å². The fourth-order valence-corrected chi connectivity index (χ4v) is 8.00. The molecule has 10 nitrogen and oxygen atoms in total. The second kappa shape index (κ2) is 10.6. The Morgan fingerprint density at radius 1 is 0.909 bits per heavy atom. The number of anilines is 2. The van der Waals surface area contributed by atoms with E-state index >= 15 is 0 Å². The summed E-state index contributed by atoms with van der Waals surface area (Å²) in [6.45, 7) is 6.89. The van der Waals surface area contributed by atoms with Gasteiger partial charge in [-0.2, -0.15) is 0 Å². The Bertz CT molecular complexity index is 1750. The number of carboxylic acid groups (broad SMARTS) is 1. The smallest absolute Gasteiger partial charge is 0.543 e. The van der Waals surface area contributed by atoms with Gasteiger partial charge in [-0.1, -0.05) is 36.4 Å². The second-order valence-corrected chi connectivity index (χ2v) is 13.1. The number of pyridine rings is 2. The molecule has 1 saturated carbocycles. The number of amides is 1. The number of likely N-dealkylation sites (tertiary alicyclic amines) is 1. The van der Waals surface area contributed by atoms with Gasteiger partial charge in [-0.3, -0.25) is 4.79 Å². The molecule has 0 radical (unpaired) electrons. The Morgan fingerprint density at radius 3 is 2.45 bits per heavy atom. The standard InChI is InChI=1S/C33H35N7O3.Li/c1-22-16-24(39-20-33(21-39)11-10-25(33)23-6-3-2-4-7-23)17-40-29(22)35-28(36-40)30(41)38-15-13-32(19-38)12-14-37(18-32)27-9-5-8-26(34-27)31(42)43;/h2-9,16-17,25H,10-15,18-21H2,1H3,(H,42,43);/q;+1/p-1/t25-,32+;/m0./s1. The van der Waals surface area contributed by atoms with Gasteiger partial charge in [0.25, 0.3) is 5.91 Å². The van der Waals surface area contributed by atoms with Gasteiger partial charge >= 0.3 is 18.9 Å². The van der Waals surface area contributed by atoms with Gasteiger partial charge in [0.2, 0.25) is 5.82 Å². The number of hydrogen-bond acceptors (Lipinski definition) is 8. The van der Waals surface area contributed by atoms with Crippen LogP contribution in [0.4, 0.5) is 11.5 Å². The zero-order valence-corrected chi connectivity index (χ0v) is 25.3. The molecule has 11 heteroatoms. The maximum absolute atomic E-state index is 13.6. The molecular formula is C33H34LiN7O3. The molecule has 3 saturated heterocycles. The van der Waals surface area contributed by atoms with E-state index in [0.29, 0.717) is 35.9 Å². The minimum atomic E-state index is -1.28. The number of aromatic carboxylic acids is 1. The molecule has 2 atom stereocenters. The topological polar surface area (TPSA) is 110 Å². The van der Waals surface area contributed by atoms with Gasteiger partial charge in [0.05, 0.1) is 23.5 Å². The zero-order valence-electron chi connectivity index (χ0n) is 25.3. The van der Waals surface area contributed by atoms with Gasteiger partial charge in [-0.25, -0.2) is 14.5 Å². The number of benzene rings is 1. The number of carbonyl (C=O) groups is 2. The SMILES string of the molecule is Cc1cc(N2CC3(CC[C@H]3c3ccccc3)C2)cn2nc(C(=O)N3CC[C@@]4(CCN(c5cccc(C(=O)[O-])n5)C4)C3)nc12.[Li+]. The van der Waals surface area contributed by atoms with Crippen LogP contribution < -0.4 is 33.8 Å². The van der Waals surface area contributed by atoms with Gasteiger partial charge in [0, 0.05) is 50.1 Å². The monoisotopic (exact) mass is 583 g/mol. The van der Waals surface area contributed by atoms with Gasteiger partial charge in [0.15, 0.2) is 5.65 Å². The van der Waals surface area contributed by atoms with Crippen molar-refractivity contribution in [3.8, 4) is 0 Å². The van der Waals surface area contributed by atoms with E-state index in [4.69, 9.17) is 0 Å². The first-order chi connectivity index (χ1) is 20.8. The van der Waals surface area contributed by atoms with Crippen LogP contribution in [0.5, 0.6) is 0 Å². The molecule has 0 unspecified atom stereocenters. The van der Waals surface area contributed by atoms with Crippen molar-refractivity contribution in [3.63, 3.8) is 0 Å². The summed E-state index contributed by atoms with van der Waals surface area (Å²) in [5.41, 5.74) is 4.55. The Labute approximate surface area is 268 Å². The third-order valence-corrected chi connectivity index (χ3v) is 10.5. The van der Waals surface area contributed by atoms with Crippen molar-refractivity contribution < 1.29 is 33.6 Å². The number of carboxylic acids is 1. The number of carbonyl (C=O) groups excluding carboxylic acids is 2. The van der Waals surface area contributed by atoms with E-state index in [1.807, 2.05) is 24.1 Å². The molecule has 44 heavy (non-hydrogen) atoms. The molecular weight excluding hydrogens is 549 g/mol. The molecule has 6 heterocycles. The number of aryl methyl sites for hydroxylation is 1. The summed E-state index contributed by atoms with van der Waals surface area (Å²) in [5.74, 6) is 0.0839. The zero-order chi connectivity index (χ0) is 29.3. The van der Waals surface area contributed by atoms with Crippen molar-refractivity contribution in [3.05, 3.63) is 83.4 Å². The average molecular weight is 584 g/mol. The van der Waals surface area contributed by atoms with Gasteiger partial charge < -0.3 is 24.6 Å². The molecule has 0 N–H and O–H groups in total. The van der Waals surface area contributed by atoms with Crippen LogP contribution in [0.15, 0.2) is 60.8 Å². The Hall–Kier alpha value is -3.87. The van der Waals surface area contributed by atoms with Crippen LogP contribution in [0.3, 0.4) is 0 Å². The average Bonchev–Trinajstić information content (AvgIpc) is 3.71. The van der Waals surface area contributed by atoms with Crippen LogP contribution in [0, 0.1) is 17.8 Å². The molecule has 4 fully saturated rings. The molecule has 0 bridgehead atoms. The first-order valence-electron chi connectivity index (χ1n) is 15.2. The molecule has 1 aromatic carbocycles. The maximum atomic E-state index is 13.6. The van der Waals surface area contributed by atoms with Gasteiger partial charge in [-0.05, 0) is 67.9 Å². The fourth-order valence-electron chi connectivity index (χ4n) is 8.00. The van der Waals surface area contributed by atoms with Crippen LogP contribution in [-0.4, -0.2) is 75.6 Å². The number of aromatic nitrogens is 4. The van der Waals surface area contributed by atoms with Crippen molar-refractivity contribution in [2.45, 2.75) is 38.5 Å². The van der Waals surface area contributed by atoms with E-state index in [0.717, 1.165) is 50.3 Å². The van der Waals surface area contributed by atoms with Crippen LogP contribution in [0.25, 0.3) is 5.65 Å². The predicted molar refractivity (Wildman–Crippen MR) is 159 cm³/mol. The molecule has 220 valence electrons. The third kappa shape index (κ3) is 4.67. The molecule has 4 aromatic rings. The molecule has 2 spiro atoms. The van der Waals surface area contributed by atoms with Crippen LogP contribution >= 0.6 is 0 Å². The second-order valence-electron chi connectivity index (χ2n) is 13.1. The van der Waals surface area contributed by atoms with E-state index in [1.165, 1.54) is 24.5 Å². The molecule has 4 aliphatic rings. The summed E-state index contributed by atoms with van der Waals surface area (Å²) in [7, 11) is 0. The molecule has 1 aliphatic carbocycles. The van der Waals surface area contributed by atoms with Crippen LogP contribution in [-0.2, 0) is 0 Å². The van der Waals surface area contributed by atoms with E-state index in [-0.39, 0.29) is 41.7 Å². The van der Waals surface area contributed by atoms with Crippen molar-refractivity contribution in [1.29, 1.82) is 0 Å². The summed E-state index contributed by atoms with van der Waals surface area (Å²) in [6, 6.07) is 18.0. The fraction of sp³-hybridized carbons (Fsp3) is 0.424. The van der Waals surface area contributed by atoms with E-state index in [2.05, 4.69) is 61.3 Å². The molecule has 8 rings (SSSR count). The van der Waals surface area contributed by atoms with E-state index in [1.54, 1.807) is 10.6 Å². The quantitative estimate of drug-likeness (QED) is 0.301. The first kappa shape index (κ1) is 28.9. The number of hydrogen-bond donors (Lipinski definition) is 0. The number of nitrogens with zero attached hydrogens (tertiary/aromatic N) is 7. The Balaban J connectivity index is 0.00000312. The Morgan fingerprint density at radius 2 is 1.70 bits per heavy atom. The molecule has 1 amide bonds. The summed E-state index contributed by atoms with van der Waals surface area (Å²) in [4.78, 5) is 40.2. The first-order valence-corrected chi connectivity index (χ1v) is 15.2. The maximum Gasteiger partial charge on any atom is 1.00 e. The van der Waals surface area contributed by atoms with Crippen molar-refractivity contribution in [1.82, 2.24) is 24.5 Å². The number of rotatable bonds is 5. The van der Waals surface area contributed by atoms with Gasteiger partial charge in [0.1, 0.15) is 5.82 Å². The normalized spacial score (nSPS) is 23.6. The Kier molecular flexibility index (Phi) is 6.98. The number of fused-ring (bicyclic) bond motifs is 1. The molecule has 3 aromatic heterocycles. The third-order valence-electron chi connectivity index (χ3n) is 10.5. The predicted octanol–water partition coefficient (Wildman–Crippen LogP) is -0.0732.